The molecule has 1 atom stereocenters. The van der Waals surface area contributed by atoms with Crippen molar-refractivity contribution in [3.05, 3.63) is 10.7 Å². The number of rotatable bonds is 3. The molecule has 0 bridgehead atoms. The molecular formula is C9H15BrN4O. The van der Waals surface area contributed by atoms with Crippen LogP contribution in [0.4, 0.5) is 11.8 Å². The van der Waals surface area contributed by atoms with Crippen molar-refractivity contribution in [2.75, 3.05) is 11.1 Å². The quantitative estimate of drug-likeness (QED) is 0.776. The molecule has 1 heterocycles. The molecule has 0 aliphatic heterocycles. The van der Waals surface area contributed by atoms with Gasteiger partial charge in [0, 0.05) is 6.20 Å². The highest BCUT2D eigenvalue weighted by Gasteiger charge is 2.23. The third kappa shape index (κ3) is 3.32. The molecule has 1 rings (SSSR count). The van der Waals surface area contributed by atoms with E-state index in [4.69, 9.17) is 5.73 Å². The molecule has 0 spiro atoms. The molecule has 0 radical (unpaired) electrons. The Balaban J connectivity index is 2.85. The largest absolute Gasteiger partial charge is 0.388 e. The zero-order valence-electron chi connectivity index (χ0n) is 8.95. The lowest BCUT2D eigenvalue weighted by atomic mass is 10.0. The highest BCUT2D eigenvalue weighted by atomic mass is 79.9. The van der Waals surface area contributed by atoms with Crippen LogP contribution in [0.1, 0.15) is 20.8 Å². The number of hydrogen-bond donors (Lipinski definition) is 3. The van der Waals surface area contributed by atoms with Crippen molar-refractivity contribution in [3.63, 3.8) is 0 Å². The van der Waals surface area contributed by atoms with E-state index in [2.05, 4.69) is 31.2 Å². The fourth-order valence-corrected chi connectivity index (χ4v) is 1.17. The number of nitrogens with zero attached hydrogens (tertiary/aromatic N) is 2. The van der Waals surface area contributed by atoms with E-state index < -0.39 is 5.60 Å². The maximum atomic E-state index is 9.76. The summed E-state index contributed by atoms with van der Waals surface area (Å²) in [5.41, 5.74) is 4.63. The standard InChI is InChI=1S/C9H15BrN4O/c1-5(9(2,3)15)13-7-6(10)4-12-8(11)14-7/h4-5,15H,1-3H3,(H3,11,12,13,14)/t5-/m1/s1. The van der Waals surface area contributed by atoms with Gasteiger partial charge in [-0.25, -0.2) is 4.98 Å². The summed E-state index contributed by atoms with van der Waals surface area (Å²) in [7, 11) is 0. The zero-order valence-corrected chi connectivity index (χ0v) is 10.5. The van der Waals surface area contributed by atoms with Crippen LogP contribution in [-0.2, 0) is 0 Å². The van der Waals surface area contributed by atoms with Crippen LogP contribution in [0.3, 0.4) is 0 Å². The third-order valence-corrected chi connectivity index (χ3v) is 2.76. The van der Waals surface area contributed by atoms with Gasteiger partial charge in [0.1, 0.15) is 5.82 Å². The van der Waals surface area contributed by atoms with Crippen molar-refractivity contribution in [2.24, 2.45) is 0 Å². The van der Waals surface area contributed by atoms with E-state index in [0.717, 1.165) is 0 Å². The molecule has 1 aromatic heterocycles. The number of aromatic nitrogens is 2. The van der Waals surface area contributed by atoms with Crippen LogP contribution < -0.4 is 11.1 Å². The van der Waals surface area contributed by atoms with Gasteiger partial charge in [0.2, 0.25) is 5.95 Å². The van der Waals surface area contributed by atoms with Crippen molar-refractivity contribution >= 4 is 27.7 Å². The van der Waals surface area contributed by atoms with E-state index in [1.54, 1.807) is 20.0 Å². The van der Waals surface area contributed by atoms with Crippen LogP contribution in [0.25, 0.3) is 0 Å². The van der Waals surface area contributed by atoms with Gasteiger partial charge in [0.15, 0.2) is 0 Å². The highest BCUT2D eigenvalue weighted by molar-refractivity contribution is 9.10. The smallest absolute Gasteiger partial charge is 0.221 e. The summed E-state index contributed by atoms with van der Waals surface area (Å²) in [5.74, 6) is 0.778. The molecule has 0 fully saturated rings. The van der Waals surface area contributed by atoms with Gasteiger partial charge in [0.05, 0.1) is 16.1 Å². The van der Waals surface area contributed by atoms with Gasteiger partial charge in [-0.05, 0) is 36.7 Å². The molecule has 5 nitrogen and oxygen atoms in total. The van der Waals surface area contributed by atoms with Gasteiger partial charge >= 0.3 is 0 Å². The monoisotopic (exact) mass is 274 g/mol. The summed E-state index contributed by atoms with van der Waals surface area (Å²) in [6.45, 7) is 5.32. The van der Waals surface area contributed by atoms with Crippen molar-refractivity contribution in [3.8, 4) is 0 Å². The van der Waals surface area contributed by atoms with Crippen LogP contribution in [-0.4, -0.2) is 26.7 Å². The van der Waals surface area contributed by atoms with Gasteiger partial charge in [-0.3, -0.25) is 0 Å². The van der Waals surface area contributed by atoms with Crippen molar-refractivity contribution in [1.82, 2.24) is 9.97 Å². The third-order valence-electron chi connectivity index (χ3n) is 2.18. The number of hydrogen-bond acceptors (Lipinski definition) is 5. The maximum Gasteiger partial charge on any atom is 0.221 e. The van der Waals surface area contributed by atoms with Crippen molar-refractivity contribution in [1.29, 1.82) is 0 Å². The Labute approximate surface area is 97.2 Å². The predicted molar refractivity (Wildman–Crippen MR) is 63.5 cm³/mol. The second kappa shape index (κ2) is 4.32. The van der Waals surface area contributed by atoms with Gasteiger partial charge < -0.3 is 16.2 Å². The second-order valence-corrected chi connectivity index (χ2v) is 4.80. The van der Waals surface area contributed by atoms with Gasteiger partial charge in [0.25, 0.3) is 0 Å². The van der Waals surface area contributed by atoms with E-state index in [9.17, 15) is 5.11 Å². The van der Waals surface area contributed by atoms with E-state index >= 15 is 0 Å². The normalized spacial score (nSPS) is 13.7. The van der Waals surface area contributed by atoms with Crippen LogP contribution >= 0.6 is 15.9 Å². The molecule has 0 saturated carbocycles. The first kappa shape index (κ1) is 12.2. The molecular weight excluding hydrogens is 260 g/mol. The molecule has 1 aromatic rings. The molecule has 6 heteroatoms. The number of nitrogens with one attached hydrogen (secondary N) is 1. The molecule has 15 heavy (non-hydrogen) atoms. The zero-order chi connectivity index (χ0) is 11.6. The van der Waals surface area contributed by atoms with Crippen molar-refractivity contribution < 1.29 is 5.11 Å². The minimum atomic E-state index is -0.834. The summed E-state index contributed by atoms with van der Waals surface area (Å²) < 4.78 is 0.716. The minimum absolute atomic E-state index is 0.150. The SMILES string of the molecule is C[C@@H](Nc1nc(N)ncc1Br)C(C)(C)O. The van der Waals surface area contributed by atoms with Crippen LogP contribution in [0.5, 0.6) is 0 Å². The molecule has 0 aliphatic rings. The average Bonchev–Trinajstić information content (AvgIpc) is 2.09. The molecule has 0 aromatic carbocycles. The first-order valence-corrected chi connectivity index (χ1v) is 5.37. The first-order chi connectivity index (χ1) is 6.80. The van der Waals surface area contributed by atoms with Gasteiger partial charge in [-0.2, -0.15) is 4.98 Å². The molecule has 4 N–H and O–H groups in total. The van der Waals surface area contributed by atoms with Gasteiger partial charge in [-0.15, -0.1) is 0 Å². The number of halogens is 1. The molecule has 84 valence electrons. The average molecular weight is 275 g/mol. The summed E-state index contributed by atoms with van der Waals surface area (Å²) in [5, 5.41) is 12.8. The van der Waals surface area contributed by atoms with Crippen LogP contribution in [0.15, 0.2) is 10.7 Å². The Hall–Kier alpha value is -0.880. The number of anilines is 2. The topological polar surface area (TPSA) is 84.1 Å². The molecule has 0 saturated heterocycles. The van der Waals surface area contributed by atoms with Crippen LogP contribution in [0, 0.1) is 0 Å². The predicted octanol–water partition coefficient (Wildman–Crippen LogP) is 1.39. The molecule has 0 amide bonds. The Kier molecular flexibility index (Phi) is 3.51. The Morgan fingerprint density at radius 2 is 2.20 bits per heavy atom. The molecule has 0 aliphatic carbocycles. The fraction of sp³-hybridized carbons (Fsp3) is 0.556. The highest BCUT2D eigenvalue weighted by Crippen LogP contribution is 2.22. The van der Waals surface area contributed by atoms with Gasteiger partial charge in [-0.1, -0.05) is 0 Å². The summed E-state index contributed by atoms with van der Waals surface area (Å²) in [6.07, 6.45) is 1.57. The minimum Gasteiger partial charge on any atom is -0.388 e. The fourth-order valence-electron chi connectivity index (χ4n) is 0.864. The molecule has 0 unspecified atom stereocenters. The summed E-state index contributed by atoms with van der Waals surface area (Å²) >= 11 is 3.30. The van der Waals surface area contributed by atoms with E-state index in [0.29, 0.717) is 10.3 Å². The van der Waals surface area contributed by atoms with Crippen molar-refractivity contribution in [2.45, 2.75) is 32.4 Å². The maximum absolute atomic E-state index is 9.76. The lowest BCUT2D eigenvalue weighted by Crippen LogP contribution is -2.39. The lowest BCUT2D eigenvalue weighted by Gasteiger charge is -2.27. The Morgan fingerprint density at radius 1 is 1.60 bits per heavy atom. The number of aliphatic hydroxyl groups is 1. The summed E-state index contributed by atoms with van der Waals surface area (Å²) in [4.78, 5) is 7.85. The number of nitrogen functional groups attached to an aromatic ring is 1. The number of nitrogens with two attached hydrogens (primary N) is 1. The lowest BCUT2D eigenvalue weighted by molar-refractivity contribution is 0.0647. The summed E-state index contributed by atoms with van der Waals surface area (Å²) in [6, 6.07) is -0.150. The Bertz CT molecular complexity index is 350. The van der Waals surface area contributed by atoms with E-state index in [1.807, 2.05) is 6.92 Å². The Morgan fingerprint density at radius 3 is 2.73 bits per heavy atom. The first-order valence-electron chi connectivity index (χ1n) is 4.57. The second-order valence-electron chi connectivity index (χ2n) is 3.94. The van der Waals surface area contributed by atoms with Crippen LogP contribution in [0.2, 0.25) is 0 Å². The van der Waals surface area contributed by atoms with E-state index in [-0.39, 0.29) is 12.0 Å². The van der Waals surface area contributed by atoms with E-state index in [1.165, 1.54) is 0 Å².